The predicted molar refractivity (Wildman–Crippen MR) is 64.7 cm³/mol. The first kappa shape index (κ1) is 11.4. The zero-order chi connectivity index (χ0) is 10.9. The minimum atomic E-state index is 0.537. The van der Waals surface area contributed by atoms with Crippen molar-refractivity contribution in [3.63, 3.8) is 0 Å². The maximum Gasteiger partial charge on any atom is 0.00102 e. The molecule has 2 heteroatoms. The molecule has 2 N–H and O–H groups in total. The number of nitrogens with two attached hydrogens (primary N) is 1. The van der Waals surface area contributed by atoms with Crippen LogP contribution in [0.3, 0.4) is 0 Å². The van der Waals surface area contributed by atoms with E-state index in [4.69, 9.17) is 5.73 Å². The number of likely N-dealkylation sites (tertiary alicyclic amines) is 1. The van der Waals surface area contributed by atoms with Crippen LogP contribution >= 0.6 is 0 Å². The van der Waals surface area contributed by atoms with E-state index in [1.54, 1.807) is 0 Å². The Morgan fingerprint density at radius 2 is 1.80 bits per heavy atom. The first-order valence-electron chi connectivity index (χ1n) is 6.58. The first-order chi connectivity index (χ1) is 7.15. The molecule has 1 heterocycles. The van der Waals surface area contributed by atoms with Crippen molar-refractivity contribution in [1.82, 2.24) is 4.90 Å². The summed E-state index contributed by atoms with van der Waals surface area (Å²) in [6, 6.07) is 0. The molecule has 2 nitrogen and oxygen atoms in total. The Bertz CT molecular complexity index is 195. The Morgan fingerprint density at radius 1 is 1.20 bits per heavy atom. The second-order valence-electron chi connectivity index (χ2n) is 6.02. The number of rotatable bonds is 4. The molecule has 0 amide bonds. The highest BCUT2D eigenvalue weighted by atomic mass is 15.1. The summed E-state index contributed by atoms with van der Waals surface area (Å²) in [5, 5.41) is 0. The van der Waals surface area contributed by atoms with E-state index in [9.17, 15) is 0 Å². The van der Waals surface area contributed by atoms with Gasteiger partial charge in [0.15, 0.2) is 0 Å². The van der Waals surface area contributed by atoms with E-state index in [0.29, 0.717) is 5.41 Å². The molecular formula is C13H26N2. The van der Waals surface area contributed by atoms with Crippen molar-refractivity contribution in [3.8, 4) is 0 Å². The fourth-order valence-corrected chi connectivity index (χ4v) is 3.06. The van der Waals surface area contributed by atoms with Crippen LogP contribution < -0.4 is 5.73 Å². The van der Waals surface area contributed by atoms with E-state index in [0.717, 1.165) is 18.4 Å². The fourth-order valence-electron chi connectivity index (χ4n) is 3.06. The second-order valence-corrected chi connectivity index (χ2v) is 6.02. The van der Waals surface area contributed by atoms with E-state index in [2.05, 4.69) is 18.7 Å². The van der Waals surface area contributed by atoms with Gasteiger partial charge in [-0.1, -0.05) is 20.3 Å². The monoisotopic (exact) mass is 210 g/mol. The molecule has 0 spiro atoms. The summed E-state index contributed by atoms with van der Waals surface area (Å²) in [6.07, 6.45) is 5.50. The molecule has 1 saturated heterocycles. The number of hydrogen-bond donors (Lipinski definition) is 1. The van der Waals surface area contributed by atoms with Crippen LogP contribution in [-0.4, -0.2) is 31.1 Å². The molecule has 0 bridgehead atoms. The van der Waals surface area contributed by atoms with Crippen molar-refractivity contribution in [3.05, 3.63) is 0 Å². The van der Waals surface area contributed by atoms with Gasteiger partial charge in [0.2, 0.25) is 0 Å². The molecule has 2 atom stereocenters. The van der Waals surface area contributed by atoms with E-state index >= 15 is 0 Å². The van der Waals surface area contributed by atoms with Gasteiger partial charge in [-0.05, 0) is 49.6 Å². The van der Waals surface area contributed by atoms with Crippen LogP contribution in [0, 0.1) is 17.3 Å². The summed E-state index contributed by atoms with van der Waals surface area (Å²) in [5.41, 5.74) is 6.43. The third kappa shape index (κ3) is 2.36. The van der Waals surface area contributed by atoms with E-state index in [-0.39, 0.29) is 0 Å². The van der Waals surface area contributed by atoms with E-state index in [1.165, 1.54) is 45.3 Å². The molecule has 88 valence electrons. The topological polar surface area (TPSA) is 29.3 Å². The van der Waals surface area contributed by atoms with Gasteiger partial charge in [-0.2, -0.15) is 0 Å². The molecule has 0 aromatic rings. The van der Waals surface area contributed by atoms with Crippen LogP contribution in [0.1, 0.15) is 39.5 Å². The van der Waals surface area contributed by atoms with Crippen LogP contribution in [-0.2, 0) is 0 Å². The Balaban J connectivity index is 1.74. The van der Waals surface area contributed by atoms with Gasteiger partial charge >= 0.3 is 0 Å². The smallest absolute Gasteiger partial charge is 0.00102 e. The molecule has 1 aliphatic heterocycles. The third-order valence-electron chi connectivity index (χ3n) is 4.87. The molecule has 1 saturated carbocycles. The van der Waals surface area contributed by atoms with Crippen molar-refractivity contribution in [2.75, 3.05) is 26.2 Å². The van der Waals surface area contributed by atoms with Crippen molar-refractivity contribution < 1.29 is 0 Å². The van der Waals surface area contributed by atoms with Crippen molar-refractivity contribution in [1.29, 1.82) is 0 Å². The van der Waals surface area contributed by atoms with Crippen LogP contribution in [0.25, 0.3) is 0 Å². The van der Waals surface area contributed by atoms with Gasteiger partial charge < -0.3 is 10.6 Å². The summed E-state index contributed by atoms with van der Waals surface area (Å²) in [7, 11) is 0. The Hall–Kier alpha value is -0.0800. The maximum atomic E-state index is 5.89. The van der Waals surface area contributed by atoms with Crippen LogP contribution in [0.15, 0.2) is 0 Å². The lowest BCUT2D eigenvalue weighted by atomic mass is 9.66. The lowest BCUT2D eigenvalue weighted by molar-refractivity contribution is 0.110. The van der Waals surface area contributed by atoms with Crippen molar-refractivity contribution in [2.24, 2.45) is 23.0 Å². The summed E-state index contributed by atoms with van der Waals surface area (Å²) in [4.78, 5) is 2.64. The van der Waals surface area contributed by atoms with E-state index in [1.807, 2.05) is 0 Å². The normalized spacial score (nSPS) is 35.4. The Labute approximate surface area is 94.2 Å². The molecular weight excluding hydrogens is 184 g/mol. The zero-order valence-corrected chi connectivity index (χ0v) is 10.3. The molecule has 0 aromatic carbocycles. The average molecular weight is 210 g/mol. The lowest BCUT2D eigenvalue weighted by Crippen LogP contribution is -2.40. The standard InChI is InChI=1S/C13H26N2/c1-11-8-15(9-12(11)2)7-6-13(10-14)4-3-5-13/h11-12H,3-10,14H2,1-2H3. The van der Waals surface area contributed by atoms with Gasteiger partial charge in [-0.3, -0.25) is 0 Å². The van der Waals surface area contributed by atoms with Crippen LogP contribution in [0.5, 0.6) is 0 Å². The second kappa shape index (κ2) is 4.42. The lowest BCUT2D eigenvalue weighted by Gasteiger charge is -2.42. The van der Waals surface area contributed by atoms with Gasteiger partial charge in [-0.15, -0.1) is 0 Å². The molecule has 2 unspecified atom stereocenters. The fraction of sp³-hybridized carbons (Fsp3) is 1.00. The van der Waals surface area contributed by atoms with Crippen molar-refractivity contribution in [2.45, 2.75) is 39.5 Å². The molecule has 2 aliphatic rings. The minimum Gasteiger partial charge on any atom is -0.330 e. The molecule has 0 aromatic heterocycles. The highest BCUT2D eigenvalue weighted by molar-refractivity contribution is 4.90. The van der Waals surface area contributed by atoms with E-state index < -0.39 is 0 Å². The summed E-state index contributed by atoms with van der Waals surface area (Å²) in [5.74, 6) is 1.78. The van der Waals surface area contributed by atoms with Gasteiger partial charge in [0.05, 0.1) is 0 Å². The summed E-state index contributed by atoms with van der Waals surface area (Å²) in [6.45, 7) is 9.57. The average Bonchev–Trinajstić information content (AvgIpc) is 2.45. The summed E-state index contributed by atoms with van der Waals surface area (Å²) >= 11 is 0. The predicted octanol–water partition coefficient (Wildman–Crippen LogP) is 2.09. The quantitative estimate of drug-likeness (QED) is 0.770. The molecule has 1 aliphatic carbocycles. The largest absolute Gasteiger partial charge is 0.330 e. The number of nitrogens with zero attached hydrogens (tertiary/aromatic N) is 1. The molecule has 15 heavy (non-hydrogen) atoms. The molecule has 2 fully saturated rings. The number of hydrogen-bond acceptors (Lipinski definition) is 2. The Morgan fingerprint density at radius 3 is 2.20 bits per heavy atom. The van der Waals surface area contributed by atoms with Gasteiger partial charge in [-0.25, -0.2) is 0 Å². The molecule has 0 radical (unpaired) electrons. The minimum absolute atomic E-state index is 0.537. The third-order valence-corrected chi connectivity index (χ3v) is 4.87. The van der Waals surface area contributed by atoms with Gasteiger partial charge in [0.25, 0.3) is 0 Å². The highest BCUT2D eigenvalue weighted by Crippen LogP contribution is 2.43. The van der Waals surface area contributed by atoms with Crippen LogP contribution in [0.4, 0.5) is 0 Å². The van der Waals surface area contributed by atoms with Gasteiger partial charge in [0, 0.05) is 13.1 Å². The SMILES string of the molecule is CC1CN(CCC2(CN)CCC2)CC1C. The highest BCUT2D eigenvalue weighted by Gasteiger charge is 2.36. The first-order valence-corrected chi connectivity index (χ1v) is 6.58. The molecule has 2 rings (SSSR count). The van der Waals surface area contributed by atoms with Crippen molar-refractivity contribution >= 4 is 0 Å². The maximum absolute atomic E-state index is 5.89. The van der Waals surface area contributed by atoms with Crippen LogP contribution in [0.2, 0.25) is 0 Å². The Kier molecular flexibility index (Phi) is 3.36. The zero-order valence-electron chi connectivity index (χ0n) is 10.3. The summed E-state index contributed by atoms with van der Waals surface area (Å²) < 4.78 is 0. The van der Waals surface area contributed by atoms with Gasteiger partial charge in [0.1, 0.15) is 0 Å².